The lowest BCUT2D eigenvalue weighted by atomic mass is 10.1. The molecule has 2 aliphatic rings. The van der Waals surface area contributed by atoms with Crippen molar-refractivity contribution in [3.05, 3.63) is 49.8 Å². The Bertz CT molecular complexity index is 837. The smallest absolute Gasteiger partial charge is 0.257 e. The summed E-state index contributed by atoms with van der Waals surface area (Å²) in [7, 11) is 0. The second-order valence-corrected chi connectivity index (χ2v) is 7.75. The lowest BCUT2D eigenvalue weighted by molar-refractivity contribution is 0.0763. The maximum absolute atomic E-state index is 13.0. The van der Waals surface area contributed by atoms with Gasteiger partial charge in [-0.1, -0.05) is 6.92 Å². The molecule has 1 aliphatic carbocycles. The zero-order valence-corrected chi connectivity index (χ0v) is 15.3. The zero-order valence-electron chi connectivity index (χ0n) is 14.5. The number of fused-ring (bicyclic) bond motifs is 1. The topological polar surface area (TPSA) is 55.2 Å². The van der Waals surface area contributed by atoms with Crippen LogP contribution in [0.15, 0.2) is 21.6 Å². The third kappa shape index (κ3) is 3.27. The maximum Gasteiger partial charge on any atom is 0.257 e. The van der Waals surface area contributed by atoms with Crippen LogP contribution in [0.3, 0.4) is 0 Å². The van der Waals surface area contributed by atoms with Crippen molar-refractivity contribution >= 4 is 17.2 Å². The Kier molecular flexibility index (Phi) is 4.46. The van der Waals surface area contributed by atoms with Gasteiger partial charge in [-0.15, -0.1) is 0 Å². The summed E-state index contributed by atoms with van der Waals surface area (Å²) < 4.78 is 1.90. The summed E-state index contributed by atoms with van der Waals surface area (Å²) in [6.45, 7) is 4.08. The van der Waals surface area contributed by atoms with Gasteiger partial charge in [0.15, 0.2) is 0 Å². The molecule has 0 radical (unpaired) electrons. The van der Waals surface area contributed by atoms with E-state index >= 15 is 0 Å². The van der Waals surface area contributed by atoms with Crippen molar-refractivity contribution in [1.29, 1.82) is 0 Å². The molecule has 1 fully saturated rings. The number of hydrogen-bond donors (Lipinski definition) is 0. The molecule has 132 valence electrons. The number of amides is 1. The van der Waals surface area contributed by atoms with E-state index in [-0.39, 0.29) is 11.5 Å². The molecule has 0 atom stereocenters. The number of carbonyl (C=O) groups is 1. The normalized spacial score (nSPS) is 17.2. The minimum atomic E-state index is 0.0584. The predicted octanol–water partition coefficient (Wildman–Crippen LogP) is 2.52. The summed E-state index contributed by atoms with van der Waals surface area (Å²) >= 11 is 1.53. The fourth-order valence-electron chi connectivity index (χ4n) is 3.53. The molecule has 0 unspecified atom stereocenters. The van der Waals surface area contributed by atoms with E-state index in [9.17, 15) is 9.59 Å². The van der Waals surface area contributed by atoms with Gasteiger partial charge >= 0.3 is 0 Å². The van der Waals surface area contributed by atoms with Gasteiger partial charge in [0.1, 0.15) is 5.82 Å². The summed E-state index contributed by atoms with van der Waals surface area (Å²) in [5.74, 6) is 1.60. The highest BCUT2D eigenvalue weighted by molar-refractivity contribution is 7.08. The average Bonchev–Trinajstić information content (AvgIpc) is 3.33. The lowest BCUT2D eigenvalue weighted by Crippen LogP contribution is -2.33. The molecular weight excluding hydrogens is 334 g/mol. The Morgan fingerprint density at radius 2 is 2.12 bits per heavy atom. The van der Waals surface area contributed by atoms with Gasteiger partial charge in [-0.25, -0.2) is 4.98 Å². The SMILES string of the molecule is CCc1nc2c(c(=O)n1CC1CC1)CCN(C(=O)c1ccsc1)CC2. The minimum Gasteiger partial charge on any atom is -0.338 e. The second kappa shape index (κ2) is 6.75. The molecule has 1 saturated carbocycles. The standard InChI is InChI=1S/C19H23N3O2S/c1-2-17-20-16-6-9-21(18(23)14-7-10-25-12-14)8-5-15(16)19(24)22(17)11-13-3-4-13/h7,10,12-13H,2-6,8-9,11H2,1H3. The molecule has 6 heteroatoms. The van der Waals surface area contributed by atoms with E-state index in [2.05, 4.69) is 6.92 Å². The molecule has 0 N–H and O–H groups in total. The molecule has 2 aromatic rings. The molecule has 0 bridgehead atoms. The highest BCUT2D eigenvalue weighted by Gasteiger charge is 2.27. The minimum absolute atomic E-state index is 0.0584. The quantitative estimate of drug-likeness (QED) is 0.845. The van der Waals surface area contributed by atoms with Gasteiger partial charge in [-0.05, 0) is 36.6 Å². The zero-order chi connectivity index (χ0) is 17.4. The van der Waals surface area contributed by atoms with Crippen LogP contribution < -0.4 is 5.56 Å². The van der Waals surface area contributed by atoms with Crippen LogP contribution >= 0.6 is 11.3 Å². The first-order valence-corrected chi connectivity index (χ1v) is 10.0. The Labute approximate surface area is 151 Å². The van der Waals surface area contributed by atoms with Crippen LogP contribution in [0, 0.1) is 5.92 Å². The van der Waals surface area contributed by atoms with Crippen molar-refractivity contribution in [2.75, 3.05) is 13.1 Å². The van der Waals surface area contributed by atoms with Gasteiger partial charge in [-0.2, -0.15) is 11.3 Å². The maximum atomic E-state index is 13.0. The molecule has 1 amide bonds. The highest BCUT2D eigenvalue weighted by Crippen LogP contribution is 2.30. The average molecular weight is 357 g/mol. The molecule has 0 spiro atoms. The van der Waals surface area contributed by atoms with E-state index in [1.54, 1.807) is 0 Å². The van der Waals surface area contributed by atoms with Crippen molar-refractivity contribution < 1.29 is 4.79 Å². The molecule has 1 aliphatic heterocycles. The van der Waals surface area contributed by atoms with Crippen LogP contribution in [-0.2, 0) is 25.8 Å². The van der Waals surface area contributed by atoms with Gasteiger partial charge < -0.3 is 4.90 Å². The van der Waals surface area contributed by atoms with Gasteiger partial charge in [0.05, 0.1) is 11.3 Å². The number of thiophene rings is 1. The van der Waals surface area contributed by atoms with Crippen LogP contribution in [-0.4, -0.2) is 33.4 Å². The summed E-state index contributed by atoms with van der Waals surface area (Å²) in [6, 6.07) is 1.86. The summed E-state index contributed by atoms with van der Waals surface area (Å²) in [5, 5.41) is 3.81. The Morgan fingerprint density at radius 1 is 1.32 bits per heavy atom. The van der Waals surface area contributed by atoms with E-state index in [0.717, 1.165) is 35.6 Å². The lowest BCUT2D eigenvalue weighted by Gasteiger charge is -2.19. The molecule has 0 saturated heterocycles. The Morgan fingerprint density at radius 3 is 2.80 bits per heavy atom. The highest BCUT2D eigenvalue weighted by atomic mass is 32.1. The summed E-state index contributed by atoms with van der Waals surface area (Å²) in [5.41, 5.74) is 2.58. The third-order valence-corrected chi connectivity index (χ3v) is 5.87. The third-order valence-electron chi connectivity index (χ3n) is 5.19. The number of aromatic nitrogens is 2. The van der Waals surface area contributed by atoms with E-state index in [0.29, 0.717) is 31.8 Å². The largest absolute Gasteiger partial charge is 0.338 e. The van der Waals surface area contributed by atoms with Crippen molar-refractivity contribution in [3.8, 4) is 0 Å². The van der Waals surface area contributed by atoms with Crippen LogP contribution in [0.5, 0.6) is 0 Å². The number of carbonyl (C=O) groups excluding carboxylic acids is 1. The van der Waals surface area contributed by atoms with Gasteiger partial charge in [0.2, 0.25) is 0 Å². The first-order valence-electron chi connectivity index (χ1n) is 9.10. The van der Waals surface area contributed by atoms with Crippen molar-refractivity contribution in [2.45, 2.75) is 45.6 Å². The van der Waals surface area contributed by atoms with Gasteiger partial charge in [-0.3, -0.25) is 14.2 Å². The number of nitrogens with zero attached hydrogens (tertiary/aromatic N) is 3. The second-order valence-electron chi connectivity index (χ2n) is 6.97. The number of aryl methyl sites for hydroxylation is 1. The monoisotopic (exact) mass is 357 g/mol. The molecule has 4 rings (SSSR count). The van der Waals surface area contributed by atoms with E-state index in [4.69, 9.17) is 4.98 Å². The van der Waals surface area contributed by atoms with Crippen LogP contribution in [0.2, 0.25) is 0 Å². The first kappa shape index (κ1) is 16.5. The Hall–Kier alpha value is -1.95. The molecular formula is C19H23N3O2S. The number of hydrogen-bond acceptors (Lipinski definition) is 4. The van der Waals surface area contributed by atoms with Crippen molar-refractivity contribution in [1.82, 2.24) is 14.5 Å². The van der Waals surface area contributed by atoms with E-state index in [1.807, 2.05) is 26.3 Å². The van der Waals surface area contributed by atoms with Crippen LogP contribution in [0.25, 0.3) is 0 Å². The summed E-state index contributed by atoms with van der Waals surface area (Å²) in [4.78, 5) is 32.3. The van der Waals surface area contributed by atoms with Gasteiger partial charge in [0.25, 0.3) is 11.5 Å². The molecule has 25 heavy (non-hydrogen) atoms. The fraction of sp³-hybridized carbons (Fsp3) is 0.526. The van der Waals surface area contributed by atoms with Gasteiger partial charge in [0, 0.05) is 43.4 Å². The van der Waals surface area contributed by atoms with Crippen LogP contribution in [0.1, 0.15) is 47.2 Å². The molecule has 0 aromatic carbocycles. The van der Waals surface area contributed by atoms with Crippen molar-refractivity contribution in [3.63, 3.8) is 0 Å². The number of rotatable bonds is 4. The first-order chi connectivity index (χ1) is 12.2. The van der Waals surface area contributed by atoms with Crippen LogP contribution in [0.4, 0.5) is 0 Å². The Balaban J connectivity index is 1.61. The molecule has 5 nitrogen and oxygen atoms in total. The summed E-state index contributed by atoms with van der Waals surface area (Å²) in [6.07, 6.45) is 4.47. The fourth-order valence-corrected chi connectivity index (χ4v) is 4.16. The predicted molar refractivity (Wildman–Crippen MR) is 98.2 cm³/mol. The molecule has 3 heterocycles. The van der Waals surface area contributed by atoms with Crippen molar-refractivity contribution in [2.24, 2.45) is 5.92 Å². The van der Waals surface area contributed by atoms with E-state index < -0.39 is 0 Å². The molecule has 2 aromatic heterocycles. The van der Waals surface area contributed by atoms with E-state index in [1.165, 1.54) is 24.2 Å².